The van der Waals surface area contributed by atoms with Crippen LogP contribution in [0.4, 0.5) is 0 Å². The fourth-order valence-corrected chi connectivity index (χ4v) is 0.779. The van der Waals surface area contributed by atoms with Crippen molar-refractivity contribution in [3.05, 3.63) is 37.0 Å². The second-order valence-corrected chi connectivity index (χ2v) is 2.46. The van der Waals surface area contributed by atoms with Gasteiger partial charge in [0.25, 0.3) is 0 Å². The molecule has 1 heteroatoms. The van der Waals surface area contributed by atoms with Gasteiger partial charge in [-0.25, -0.2) is 0 Å². The van der Waals surface area contributed by atoms with Crippen LogP contribution in [0, 0.1) is 0 Å². The first-order chi connectivity index (χ1) is 5.31. The van der Waals surface area contributed by atoms with Gasteiger partial charge in [-0.3, -0.25) is 0 Å². The summed E-state index contributed by atoms with van der Waals surface area (Å²) in [6.45, 7) is 5.69. The monoisotopic (exact) mass is 151 g/mol. The molecule has 62 valence electrons. The SMILES string of the molecule is C=C/C=C\C=C\C(N)CCC. The lowest BCUT2D eigenvalue weighted by atomic mass is 10.2. The lowest BCUT2D eigenvalue weighted by Gasteiger charge is -2.00. The van der Waals surface area contributed by atoms with Crippen molar-refractivity contribution in [2.75, 3.05) is 0 Å². The van der Waals surface area contributed by atoms with Crippen molar-refractivity contribution in [1.29, 1.82) is 0 Å². The third kappa shape index (κ3) is 7.07. The van der Waals surface area contributed by atoms with Crippen molar-refractivity contribution in [3.63, 3.8) is 0 Å². The van der Waals surface area contributed by atoms with E-state index in [0.717, 1.165) is 12.8 Å². The van der Waals surface area contributed by atoms with Gasteiger partial charge in [-0.2, -0.15) is 0 Å². The van der Waals surface area contributed by atoms with E-state index in [4.69, 9.17) is 5.73 Å². The third-order valence-electron chi connectivity index (χ3n) is 1.34. The Kier molecular flexibility index (Phi) is 6.75. The molecule has 0 aromatic carbocycles. The van der Waals surface area contributed by atoms with Gasteiger partial charge in [-0.1, -0.05) is 50.3 Å². The Balaban J connectivity index is 3.54. The highest BCUT2D eigenvalue weighted by atomic mass is 14.6. The van der Waals surface area contributed by atoms with Gasteiger partial charge in [0.2, 0.25) is 0 Å². The van der Waals surface area contributed by atoms with Crippen molar-refractivity contribution in [2.24, 2.45) is 5.73 Å². The van der Waals surface area contributed by atoms with E-state index in [-0.39, 0.29) is 6.04 Å². The number of nitrogens with two attached hydrogens (primary N) is 1. The van der Waals surface area contributed by atoms with Crippen LogP contribution in [0.3, 0.4) is 0 Å². The van der Waals surface area contributed by atoms with E-state index in [2.05, 4.69) is 13.5 Å². The third-order valence-corrected chi connectivity index (χ3v) is 1.34. The summed E-state index contributed by atoms with van der Waals surface area (Å²) < 4.78 is 0. The van der Waals surface area contributed by atoms with Crippen LogP contribution in [0.2, 0.25) is 0 Å². The summed E-state index contributed by atoms with van der Waals surface area (Å²) in [6, 6.07) is 0.203. The summed E-state index contributed by atoms with van der Waals surface area (Å²) in [6.07, 6.45) is 11.7. The molecule has 0 rings (SSSR count). The maximum atomic E-state index is 5.72. The minimum Gasteiger partial charge on any atom is -0.324 e. The molecule has 0 heterocycles. The Morgan fingerprint density at radius 3 is 2.64 bits per heavy atom. The van der Waals surface area contributed by atoms with Crippen LogP contribution in [0.5, 0.6) is 0 Å². The second-order valence-electron chi connectivity index (χ2n) is 2.46. The van der Waals surface area contributed by atoms with Gasteiger partial charge in [0.15, 0.2) is 0 Å². The molecule has 1 atom stereocenters. The number of rotatable bonds is 5. The van der Waals surface area contributed by atoms with Crippen molar-refractivity contribution in [2.45, 2.75) is 25.8 Å². The summed E-state index contributed by atoms with van der Waals surface area (Å²) in [5.41, 5.74) is 5.72. The maximum absolute atomic E-state index is 5.72. The zero-order valence-corrected chi connectivity index (χ0v) is 7.16. The van der Waals surface area contributed by atoms with Crippen LogP contribution < -0.4 is 5.73 Å². The number of allylic oxidation sites excluding steroid dienone is 4. The Morgan fingerprint density at radius 1 is 1.36 bits per heavy atom. The molecule has 1 nitrogen and oxygen atoms in total. The second kappa shape index (κ2) is 7.29. The molecule has 0 saturated heterocycles. The summed E-state index contributed by atoms with van der Waals surface area (Å²) in [5, 5.41) is 0. The minimum atomic E-state index is 0.203. The van der Waals surface area contributed by atoms with Crippen molar-refractivity contribution < 1.29 is 0 Å². The van der Waals surface area contributed by atoms with Gasteiger partial charge in [-0.15, -0.1) is 0 Å². The lowest BCUT2D eigenvalue weighted by Crippen LogP contribution is -2.15. The van der Waals surface area contributed by atoms with Crippen LogP contribution in [0.15, 0.2) is 37.0 Å². The molecule has 0 aliphatic heterocycles. The van der Waals surface area contributed by atoms with Crippen LogP contribution in [-0.4, -0.2) is 6.04 Å². The van der Waals surface area contributed by atoms with Crippen molar-refractivity contribution >= 4 is 0 Å². The standard InChI is InChI=1S/C10H17N/c1-3-5-6-7-9-10(11)8-4-2/h3,5-7,9-10H,1,4,8,11H2,2H3/b6-5-,9-7+. The topological polar surface area (TPSA) is 26.0 Å². The molecule has 11 heavy (non-hydrogen) atoms. The van der Waals surface area contributed by atoms with Crippen LogP contribution in [0.25, 0.3) is 0 Å². The van der Waals surface area contributed by atoms with E-state index >= 15 is 0 Å². The smallest absolute Gasteiger partial charge is 0.0226 e. The highest BCUT2D eigenvalue weighted by molar-refractivity contribution is 5.10. The zero-order chi connectivity index (χ0) is 8.53. The van der Waals surface area contributed by atoms with E-state index in [1.54, 1.807) is 6.08 Å². The summed E-state index contributed by atoms with van der Waals surface area (Å²) in [5.74, 6) is 0. The highest BCUT2D eigenvalue weighted by Crippen LogP contribution is 1.94. The fraction of sp³-hybridized carbons (Fsp3) is 0.400. The Hall–Kier alpha value is -0.820. The molecular formula is C10H17N. The summed E-state index contributed by atoms with van der Waals surface area (Å²) in [4.78, 5) is 0. The quantitative estimate of drug-likeness (QED) is 0.600. The molecule has 0 bridgehead atoms. The van der Waals surface area contributed by atoms with Crippen LogP contribution in [0.1, 0.15) is 19.8 Å². The lowest BCUT2D eigenvalue weighted by molar-refractivity contribution is 0.704. The zero-order valence-electron chi connectivity index (χ0n) is 7.16. The maximum Gasteiger partial charge on any atom is 0.0226 e. The molecule has 0 aromatic rings. The van der Waals surface area contributed by atoms with Crippen molar-refractivity contribution in [3.8, 4) is 0 Å². The predicted molar refractivity (Wildman–Crippen MR) is 51.4 cm³/mol. The average molecular weight is 151 g/mol. The highest BCUT2D eigenvalue weighted by Gasteiger charge is 1.91. The van der Waals surface area contributed by atoms with Gasteiger partial charge in [-0.05, 0) is 6.42 Å². The summed E-state index contributed by atoms with van der Waals surface area (Å²) in [7, 11) is 0. The van der Waals surface area contributed by atoms with Gasteiger partial charge < -0.3 is 5.73 Å². The first kappa shape index (κ1) is 10.2. The van der Waals surface area contributed by atoms with Gasteiger partial charge in [0, 0.05) is 6.04 Å². The van der Waals surface area contributed by atoms with E-state index in [1.807, 2.05) is 24.3 Å². The molecule has 0 radical (unpaired) electrons. The molecular weight excluding hydrogens is 134 g/mol. The molecule has 0 saturated carbocycles. The first-order valence-corrected chi connectivity index (χ1v) is 4.02. The van der Waals surface area contributed by atoms with E-state index in [0.29, 0.717) is 0 Å². The van der Waals surface area contributed by atoms with E-state index < -0.39 is 0 Å². The largest absolute Gasteiger partial charge is 0.324 e. The molecule has 0 aliphatic rings. The molecule has 0 fully saturated rings. The van der Waals surface area contributed by atoms with Crippen LogP contribution in [-0.2, 0) is 0 Å². The molecule has 2 N–H and O–H groups in total. The van der Waals surface area contributed by atoms with Crippen molar-refractivity contribution in [1.82, 2.24) is 0 Å². The molecule has 0 amide bonds. The van der Waals surface area contributed by atoms with Crippen LogP contribution >= 0.6 is 0 Å². The van der Waals surface area contributed by atoms with Gasteiger partial charge >= 0.3 is 0 Å². The Bertz CT molecular complexity index is 145. The Labute approximate surface area is 69.3 Å². The average Bonchev–Trinajstić information content (AvgIpc) is 1.99. The van der Waals surface area contributed by atoms with Gasteiger partial charge in [0.05, 0.1) is 0 Å². The number of hydrogen-bond acceptors (Lipinski definition) is 1. The number of hydrogen-bond donors (Lipinski definition) is 1. The normalized spacial score (nSPS) is 14.4. The van der Waals surface area contributed by atoms with E-state index in [1.165, 1.54) is 0 Å². The minimum absolute atomic E-state index is 0.203. The Morgan fingerprint density at radius 2 is 2.09 bits per heavy atom. The molecule has 0 aliphatic carbocycles. The van der Waals surface area contributed by atoms with E-state index in [9.17, 15) is 0 Å². The first-order valence-electron chi connectivity index (χ1n) is 4.02. The summed E-state index contributed by atoms with van der Waals surface area (Å²) >= 11 is 0. The fourth-order valence-electron chi connectivity index (χ4n) is 0.779. The predicted octanol–water partition coefficient (Wildman–Crippen LogP) is 2.41. The van der Waals surface area contributed by atoms with Gasteiger partial charge in [0.1, 0.15) is 0 Å². The molecule has 0 aromatic heterocycles. The molecule has 1 unspecified atom stereocenters. The molecule has 0 spiro atoms.